The smallest absolute Gasteiger partial charge is 0.219 e. The van der Waals surface area contributed by atoms with Crippen LogP contribution >= 0.6 is 0 Å². The molecule has 1 N–H and O–H groups in total. The van der Waals surface area contributed by atoms with Gasteiger partial charge in [-0.15, -0.1) is 0 Å². The highest BCUT2D eigenvalue weighted by Crippen LogP contribution is 2.18. The van der Waals surface area contributed by atoms with Gasteiger partial charge in [-0.3, -0.25) is 4.79 Å². The maximum atomic E-state index is 11.9. The monoisotopic (exact) mass is 788 g/mol. The lowest BCUT2D eigenvalue weighted by Gasteiger charge is -2.05. The topological polar surface area (TPSA) is 29.1 Å². The fraction of sp³-hybridized carbons (Fsp3) is 0.981. The van der Waals surface area contributed by atoms with E-state index >= 15 is 0 Å². The normalized spacial score (nSPS) is 11.5. The third-order valence-corrected chi connectivity index (χ3v) is 12.9. The molecule has 0 unspecified atom stereocenters. The van der Waals surface area contributed by atoms with Crippen molar-refractivity contribution in [2.45, 2.75) is 335 Å². The Hall–Kier alpha value is -0.530. The van der Waals surface area contributed by atoms with Crippen LogP contribution in [0.1, 0.15) is 335 Å². The van der Waals surface area contributed by atoms with Crippen LogP contribution in [0.25, 0.3) is 0 Å². The van der Waals surface area contributed by atoms with E-state index in [1.807, 2.05) is 0 Å². The molecule has 0 aromatic heterocycles. The lowest BCUT2D eigenvalue weighted by atomic mass is 10.0. The fourth-order valence-corrected chi connectivity index (χ4v) is 8.83. The van der Waals surface area contributed by atoms with Gasteiger partial charge in [0.05, 0.1) is 0 Å². The van der Waals surface area contributed by atoms with Crippen molar-refractivity contribution in [3.63, 3.8) is 0 Å². The second-order valence-electron chi connectivity index (χ2n) is 18.7. The third kappa shape index (κ3) is 51.5. The van der Waals surface area contributed by atoms with Crippen LogP contribution in [0.5, 0.6) is 0 Å². The predicted octanol–water partition coefficient (Wildman–Crippen LogP) is 19.6. The average molecular weight is 788 g/mol. The summed E-state index contributed by atoms with van der Waals surface area (Å²) in [6.45, 7) is 5.41. The molecule has 2 heteroatoms. The van der Waals surface area contributed by atoms with E-state index in [9.17, 15) is 4.79 Å². The van der Waals surface area contributed by atoms with Gasteiger partial charge in [0.1, 0.15) is 0 Å². The van der Waals surface area contributed by atoms with Crippen LogP contribution < -0.4 is 5.32 Å². The Bertz CT molecular complexity index is 690. The first-order valence-electron chi connectivity index (χ1n) is 27.1. The molecule has 336 valence electrons. The van der Waals surface area contributed by atoms with Crippen molar-refractivity contribution in [1.29, 1.82) is 0 Å². The van der Waals surface area contributed by atoms with Crippen LogP contribution in [-0.4, -0.2) is 12.5 Å². The molecule has 1 amide bonds. The Balaban J connectivity index is 3.08. The summed E-state index contributed by atoms with van der Waals surface area (Å²) in [7, 11) is 0. The molecular weight excluding hydrogens is 679 g/mol. The zero-order valence-electron chi connectivity index (χ0n) is 39.5. The van der Waals surface area contributed by atoms with Gasteiger partial charge in [-0.1, -0.05) is 316 Å². The lowest BCUT2D eigenvalue weighted by Crippen LogP contribution is -2.23. The van der Waals surface area contributed by atoms with Crippen molar-refractivity contribution >= 4 is 5.91 Å². The van der Waals surface area contributed by atoms with Gasteiger partial charge in [0, 0.05) is 13.0 Å². The second-order valence-corrected chi connectivity index (χ2v) is 18.7. The fourth-order valence-electron chi connectivity index (χ4n) is 8.83. The van der Waals surface area contributed by atoms with Crippen molar-refractivity contribution in [2.75, 3.05) is 6.54 Å². The van der Waals surface area contributed by atoms with E-state index < -0.39 is 0 Å². The Morgan fingerprint density at radius 1 is 0.232 bits per heavy atom. The molecule has 0 rings (SSSR count). The SMILES string of the molecule is CCCCCCCCCCCCCCCCCCCCCCCCCCCCCCCCCCCCCCCCCCCCCCCC(=O)NCCCCCC. The van der Waals surface area contributed by atoms with E-state index in [0.717, 1.165) is 25.8 Å². The van der Waals surface area contributed by atoms with E-state index in [0.29, 0.717) is 0 Å². The highest BCUT2D eigenvalue weighted by Gasteiger charge is 2.01. The number of unbranched alkanes of at least 4 members (excludes halogenated alkanes) is 47. The molecule has 0 aliphatic heterocycles. The summed E-state index contributed by atoms with van der Waals surface area (Å²) in [6, 6.07) is 0. The first-order valence-corrected chi connectivity index (χ1v) is 27.1. The predicted molar refractivity (Wildman–Crippen MR) is 255 cm³/mol. The summed E-state index contributed by atoms with van der Waals surface area (Å²) in [5, 5.41) is 3.08. The van der Waals surface area contributed by atoms with E-state index in [-0.39, 0.29) is 5.91 Å². The summed E-state index contributed by atoms with van der Waals surface area (Å²) in [6.07, 6.45) is 71.0. The van der Waals surface area contributed by atoms with Gasteiger partial charge in [0.2, 0.25) is 5.91 Å². The van der Waals surface area contributed by atoms with Crippen molar-refractivity contribution in [3.05, 3.63) is 0 Å². The molecular formula is C54H109NO. The van der Waals surface area contributed by atoms with Gasteiger partial charge < -0.3 is 5.32 Å². The van der Waals surface area contributed by atoms with Gasteiger partial charge in [0.25, 0.3) is 0 Å². The van der Waals surface area contributed by atoms with E-state index in [1.54, 1.807) is 0 Å². The standard InChI is InChI=1S/C54H109NO/c1-3-5-7-9-10-11-12-13-14-15-16-17-18-19-20-21-22-23-24-25-26-27-28-29-30-31-32-33-34-35-36-37-38-39-40-41-42-43-44-45-46-47-48-49-50-52-54(56)55-53-51-8-6-4-2/h3-53H2,1-2H3,(H,55,56). The molecule has 0 aromatic rings. The first-order chi connectivity index (χ1) is 27.8. The first kappa shape index (κ1) is 55.5. The minimum absolute atomic E-state index is 0.267. The number of carbonyl (C=O) groups excluding carboxylic acids is 1. The van der Waals surface area contributed by atoms with E-state index in [2.05, 4.69) is 19.2 Å². The average Bonchev–Trinajstić information content (AvgIpc) is 3.20. The summed E-state index contributed by atoms with van der Waals surface area (Å²) in [5.41, 5.74) is 0. The Morgan fingerprint density at radius 3 is 0.589 bits per heavy atom. The van der Waals surface area contributed by atoms with Crippen LogP contribution in [-0.2, 0) is 4.79 Å². The van der Waals surface area contributed by atoms with Gasteiger partial charge >= 0.3 is 0 Å². The van der Waals surface area contributed by atoms with E-state index in [1.165, 1.54) is 302 Å². The van der Waals surface area contributed by atoms with Crippen molar-refractivity contribution in [2.24, 2.45) is 0 Å². The second kappa shape index (κ2) is 52.5. The van der Waals surface area contributed by atoms with Crippen LogP contribution in [0.4, 0.5) is 0 Å². The Morgan fingerprint density at radius 2 is 0.393 bits per heavy atom. The van der Waals surface area contributed by atoms with Gasteiger partial charge in [-0.05, 0) is 12.8 Å². The van der Waals surface area contributed by atoms with Gasteiger partial charge in [-0.2, -0.15) is 0 Å². The van der Waals surface area contributed by atoms with Crippen molar-refractivity contribution in [1.82, 2.24) is 5.32 Å². The molecule has 0 fully saturated rings. The molecule has 0 heterocycles. The molecule has 0 spiro atoms. The molecule has 0 aliphatic carbocycles. The minimum atomic E-state index is 0.267. The maximum absolute atomic E-state index is 11.9. The van der Waals surface area contributed by atoms with Crippen LogP contribution in [0, 0.1) is 0 Å². The molecule has 0 aromatic carbocycles. The van der Waals surface area contributed by atoms with Crippen LogP contribution in [0.3, 0.4) is 0 Å². The minimum Gasteiger partial charge on any atom is -0.356 e. The largest absolute Gasteiger partial charge is 0.356 e. The zero-order valence-corrected chi connectivity index (χ0v) is 39.5. The number of carbonyl (C=O) groups is 1. The zero-order chi connectivity index (χ0) is 40.3. The quantitative estimate of drug-likeness (QED) is 0.0611. The highest BCUT2D eigenvalue weighted by atomic mass is 16.1. The number of hydrogen-bond acceptors (Lipinski definition) is 1. The maximum Gasteiger partial charge on any atom is 0.219 e. The Labute approximate surface area is 356 Å². The molecule has 0 bridgehead atoms. The summed E-state index contributed by atoms with van der Waals surface area (Å²) >= 11 is 0. The number of rotatable bonds is 51. The molecule has 56 heavy (non-hydrogen) atoms. The molecule has 2 nitrogen and oxygen atoms in total. The van der Waals surface area contributed by atoms with E-state index in [4.69, 9.17) is 0 Å². The van der Waals surface area contributed by atoms with Gasteiger partial charge in [-0.25, -0.2) is 0 Å². The van der Waals surface area contributed by atoms with Crippen LogP contribution in [0.2, 0.25) is 0 Å². The summed E-state index contributed by atoms with van der Waals surface area (Å²) in [5.74, 6) is 0.267. The molecule has 0 saturated carbocycles. The summed E-state index contributed by atoms with van der Waals surface area (Å²) < 4.78 is 0. The third-order valence-electron chi connectivity index (χ3n) is 12.9. The highest BCUT2D eigenvalue weighted by molar-refractivity contribution is 5.75. The number of nitrogens with one attached hydrogen (secondary N) is 1. The molecule has 0 aliphatic rings. The molecule has 0 radical (unpaired) electrons. The molecule has 0 atom stereocenters. The van der Waals surface area contributed by atoms with Crippen LogP contribution in [0.15, 0.2) is 0 Å². The molecule has 0 saturated heterocycles. The lowest BCUT2D eigenvalue weighted by molar-refractivity contribution is -0.121. The van der Waals surface area contributed by atoms with Crippen molar-refractivity contribution in [3.8, 4) is 0 Å². The number of amides is 1. The van der Waals surface area contributed by atoms with Crippen molar-refractivity contribution < 1.29 is 4.79 Å². The van der Waals surface area contributed by atoms with Gasteiger partial charge in [0.15, 0.2) is 0 Å². The number of hydrogen-bond donors (Lipinski definition) is 1. The Kier molecular flexibility index (Phi) is 52.0. The summed E-state index contributed by atoms with van der Waals surface area (Å²) in [4.78, 5) is 11.9.